The normalized spacial score (nSPS) is 25.5. The van der Waals surface area contributed by atoms with E-state index in [0.717, 1.165) is 11.8 Å². The van der Waals surface area contributed by atoms with Crippen LogP contribution in [-0.2, 0) is 0 Å². The highest BCUT2D eigenvalue weighted by molar-refractivity contribution is 7.99. The van der Waals surface area contributed by atoms with E-state index in [1.54, 1.807) is 5.57 Å². The molecule has 1 rings (SSSR count). The third-order valence-corrected chi connectivity index (χ3v) is 3.55. The first-order chi connectivity index (χ1) is 5.24. The van der Waals surface area contributed by atoms with Gasteiger partial charge in [0.2, 0.25) is 0 Å². The van der Waals surface area contributed by atoms with E-state index >= 15 is 0 Å². The summed E-state index contributed by atoms with van der Waals surface area (Å²) >= 11 is 2.10. The molecular weight excluding hydrogens is 152 g/mol. The van der Waals surface area contributed by atoms with E-state index < -0.39 is 0 Å². The van der Waals surface area contributed by atoms with E-state index in [9.17, 15) is 0 Å². The first kappa shape index (κ1) is 9.18. The standard InChI is InChI=1S/C10H18S/c1-4-9-5-10(8(2)3)7-11-6-9/h5,8,10H,4,6-7H2,1-3H3. The Kier molecular flexibility index (Phi) is 3.50. The van der Waals surface area contributed by atoms with Gasteiger partial charge in [-0.25, -0.2) is 0 Å². The zero-order valence-electron chi connectivity index (χ0n) is 7.76. The van der Waals surface area contributed by atoms with Crippen LogP contribution in [0.15, 0.2) is 11.6 Å². The van der Waals surface area contributed by atoms with Crippen molar-refractivity contribution in [1.29, 1.82) is 0 Å². The van der Waals surface area contributed by atoms with E-state index in [1.165, 1.54) is 17.9 Å². The van der Waals surface area contributed by atoms with E-state index in [-0.39, 0.29) is 0 Å². The number of rotatable bonds is 2. The molecule has 0 aromatic carbocycles. The minimum atomic E-state index is 0.823. The van der Waals surface area contributed by atoms with Crippen molar-refractivity contribution < 1.29 is 0 Å². The fourth-order valence-electron chi connectivity index (χ4n) is 1.33. The predicted octanol–water partition coefficient (Wildman–Crippen LogP) is 3.34. The third kappa shape index (κ3) is 2.55. The van der Waals surface area contributed by atoms with Crippen LogP contribution >= 0.6 is 11.8 Å². The van der Waals surface area contributed by atoms with Crippen LogP contribution in [0, 0.1) is 11.8 Å². The van der Waals surface area contributed by atoms with Gasteiger partial charge in [0.15, 0.2) is 0 Å². The van der Waals surface area contributed by atoms with Crippen LogP contribution in [0.25, 0.3) is 0 Å². The quantitative estimate of drug-likeness (QED) is 0.573. The maximum absolute atomic E-state index is 2.50. The lowest BCUT2D eigenvalue weighted by Gasteiger charge is -2.23. The van der Waals surface area contributed by atoms with Gasteiger partial charge in [-0.15, -0.1) is 0 Å². The number of allylic oxidation sites excluding steroid dienone is 1. The molecule has 0 radical (unpaired) electrons. The molecule has 0 saturated heterocycles. The molecule has 0 aromatic rings. The van der Waals surface area contributed by atoms with Crippen molar-refractivity contribution in [2.75, 3.05) is 11.5 Å². The minimum Gasteiger partial charge on any atom is -0.157 e. The number of thioether (sulfide) groups is 1. The summed E-state index contributed by atoms with van der Waals surface area (Å²) in [5.41, 5.74) is 1.65. The lowest BCUT2D eigenvalue weighted by atomic mass is 9.95. The highest BCUT2D eigenvalue weighted by Gasteiger charge is 2.15. The average Bonchev–Trinajstić information content (AvgIpc) is 2.05. The first-order valence-electron chi connectivity index (χ1n) is 4.51. The van der Waals surface area contributed by atoms with E-state index in [1.807, 2.05) is 0 Å². The molecule has 0 spiro atoms. The summed E-state index contributed by atoms with van der Waals surface area (Å²) < 4.78 is 0. The second-order valence-corrected chi connectivity index (χ2v) is 4.63. The molecule has 1 aliphatic rings. The second-order valence-electron chi connectivity index (χ2n) is 3.60. The van der Waals surface area contributed by atoms with E-state index in [4.69, 9.17) is 0 Å². The van der Waals surface area contributed by atoms with Crippen LogP contribution in [-0.4, -0.2) is 11.5 Å². The highest BCUT2D eigenvalue weighted by Crippen LogP contribution is 2.27. The molecule has 1 unspecified atom stereocenters. The molecule has 1 atom stereocenters. The summed E-state index contributed by atoms with van der Waals surface area (Å²) in [7, 11) is 0. The van der Waals surface area contributed by atoms with Crippen LogP contribution in [0.3, 0.4) is 0 Å². The van der Waals surface area contributed by atoms with Crippen molar-refractivity contribution in [2.45, 2.75) is 27.2 Å². The Labute approximate surface area is 74.5 Å². The molecule has 0 aromatic heterocycles. The monoisotopic (exact) mass is 170 g/mol. The van der Waals surface area contributed by atoms with Crippen molar-refractivity contribution in [1.82, 2.24) is 0 Å². The van der Waals surface area contributed by atoms with Crippen molar-refractivity contribution in [3.63, 3.8) is 0 Å². The van der Waals surface area contributed by atoms with Crippen LogP contribution in [0.1, 0.15) is 27.2 Å². The summed E-state index contributed by atoms with van der Waals surface area (Å²) in [5, 5.41) is 0. The van der Waals surface area contributed by atoms with Crippen molar-refractivity contribution >= 4 is 11.8 Å². The third-order valence-electron chi connectivity index (χ3n) is 2.36. The molecule has 0 saturated carbocycles. The topological polar surface area (TPSA) is 0 Å². The van der Waals surface area contributed by atoms with E-state index in [2.05, 4.69) is 38.6 Å². The van der Waals surface area contributed by atoms with Crippen LogP contribution < -0.4 is 0 Å². The summed E-state index contributed by atoms with van der Waals surface area (Å²) in [6.07, 6.45) is 3.75. The zero-order chi connectivity index (χ0) is 8.27. The Morgan fingerprint density at radius 3 is 2.91 bits per heavy atom. The maximum atomic E-state index is 2.50. The van der Waals surface area contributed by atoms with Gasteiger partial charge in [0.25, 0.3) is 0 Å². The summed E-state index contributed by atoms with van der Waals surface area (Å²) in [5.74, 6) is 4.27. The minimum absolute atomic E-state index is 0.823. The van der Waals surface area contributed by atoms with Crippen LogP contribution in [0.4, 0.5) is 0 Å². The van der Waals surface area contributed by atoms with E-state index in [0.29, 0.717) is 0 Å². The molecule has 0 nitrogen and oxygen atoms in total. The molecule has 1 heterocycles. The smallest absolute Gasteiger partial charge is 0.0143 e. The van der Waals surface area contributed by atoms with Crippen molar-refractivity contribution in [2.24, 2.45) is 11.8 Å². The van der Waals surface area contributed by atoms with Gasteiger partial charge < -0.3 is 0 Å². The molecule has 0 fully saturated rings. The predicted molar refractivity (Wildman–Crippen MR) is 54.0 cm³/mol. The Balaban J connectivity index is 2.55. The van der Waals surface area contributed by atoms with Gasteiger partial charge in [-0.2, -0.15) is 11.8 Å². The largest absolute Gasteiger partial charge is 0.157 e. The average molecular weight is 170 g/mol. The molecule has 0 N–H and O–H groups in total. The van der Waals surface area contributed by atoms with Crippen LogP contribution in [0.5, 0.6) is 0 Å². The van der Waals surface area contributed by atoms with Gasteiger partial charge in [-0.3, -0.25) is 0 Å². The lowest BCUT2D eigenvalue weighted by Crippen LogP contribution is -2.14. The summed E-state index contributed by atoms with van der Waals surface area (Å²) in [6.45, 7) is 6.90. The van der Waals surface area contributed by atoms with Crippen molar-refractivity contribution in [3.05, 3.63) is 11.6 Å². The second kappa shape index (κ2) is 4.20. The van der Waals surface area contributed by atoms with Crippen molar-refractivity contribution in [3.8, 4) is 0 Å². The Bertz CT molecular complexity index is 147. The molecule has 1 heteroatoms. The molecule has 11 heavy (non-hydrogen) atoms. The van der Waals surface area contributed by atoms with Gasteiger partial charge in [-0.1, -0.05) is 32.4 Å². The molecule has 1 aliphatic heterocycles. The van der Waals surface area contributed by atoms with Gasteiger partial charge in [0, 0.05) is 11.5 Å². The Morgan fingerprint density at radius 2 is 2.36 bits per heavy atom. The van der Waals surface area contributed by atoms with Gasteiger partial charge in [-0.05, 0) is 18.3 Å². The lowest BCUT2D eigenvalue weighted by molar-refractivity contribution is 0.505. The molecule has 0 bridgehead atoms. The first-order valence-corrected chi connectivity index (χ1v) is 5.66. The Morgan fingerprint density at radius 1 is 1.64 bits per heavy atom. The molecule has 0 aliphatic carbocycles. The molecular formula is C10H18S. The fourth-order valence-corrected chi connectivity index (χ4v) is 2.76. The number of hydrogen-bond donors (Lipinski definition) is 0. The van der Waals surface area contributed by atoms with Gasteiger partial charge in [0.1, 0.15) is 0 Å². The number of hydrogen-bond acceptors (Lipinski definition) is 1. The Hall–Kier alpha value is 0.0900. The van der Waals surface area contributed by atoms with Gasteiger partial charge >= 0.3 is 0 Å². The maximum Gasteiger partial charge on any atom is 0.0143 e. The summed E-state index contributed by atoms with van der Waals surface area (Å²) in [4.78, 5) is 0. The van der Waals surface area contributed by atoms with Crippen LogP contribution in [0.2, 0.25) is 0 Å². The fraction of sp³-hybridized carbons (Fsp3) is 0.800. The molecule has 0 amide bonds. The zero-order valence-corrected chi connectivity index (χ0v) is 8.58. The summed E-state index contributed by atoms with van der Waals surface area (Å²) in [6, 6.07) is 0. The SMILES string of the molecule is CCC1=CC(C(C)C)CSC1. The van der Waals surface area contributed by atoms with Gasteiger partial charge in [0.05, 0.1) is 0 Å². The molecule has 64 valence electrons. The highest BCUT2D eigenvalue weighted by atomic mass is 32.2.